The zero-order valence-corrected chi connectivity index (χ0v) is 9.86. The average Bonchev–Trinajstić information content (AvgIpc) is 2.40. The second kappa shape index (κ2) is 5.87. The normalized spacial score (nSPS) is 23.8. The first-order chi connectivity index (χ1) is 8.31. The van der Waals surface area contributed by atoms with E-state index in [4.69, 9.17) is 0 Å². The SMILES string of the molecule is O=NN1CCN(CN2CCN(N=O)CC2)CC1. The Bertz CT molecular complexity index is 234. The number of nitroso groups, excluding NO2 is 2. The fourth-order valence-corrected chi connectivity index (χ4v) is 2.20. The maximum Gasteiger partial charge on any atom is 0.0524 e. The summed E-state index contributed by atoms with van der Waals surface area (Å²) in [5.74, 6) is 0. The third-order valence-corrected chi connectivity index (χ3v) is 3.33. The van der Waals surface area contributed by atoms with Crippen LogP contribution < -0.4 is 0 Å². The summed E-state index contributed by atoms with van der Waals surface area (Å²) in [6.45, 7) is 7.22. The standard InChI is InChI=1S/C9H18N6O2/c16-10-14-5-1-12(2-6-14)9-13-3-7-15(11-17)8-4-13/h1-9H2. The molecule has 0 radical (unpaired) electrons. The molecule has 0 unspecified atom stereocenters. The Balaban J connectivity index is 1.68. The second-order valence-electron chi connectivity index (χ2n) is 4.45. The van der Waals surface area contributed by atoms with Gasteiger partial charge in [0, 0.05) is 26.2 Å². The molecule has 0 atom stereocenters. The highest BCUT2D eigenvalue weighted by Gasteiger charge is 2.21. The molecular weight excluding hydrogens is 224 g/mol. The molecule has 17 heavy (non-hydrogen) atoms. The molecule has 0 aromatic carbocycles. The van der Waals surface area contributed by atoms with E-state index < -0.39 is 0 Å². The predicted molar refractivity (Wildman–Crippen MR) is 62.7 cm³/mol. The summed E-state index contributed by atoms with van der Waals surface area (Å²) in [7, 11) is 0. The molecule has 0 spiro atoms. The topological polar surface area (TPSA) is 71.8 Å². The molecule has 96 valence electrons. The van der Waals surface area contributed by atoms with Crippen LogP contribution in [0.1, 0.15) is 0 Å². The predicted octanol–water partition coefficient (Wildman–Crippen LogP) is -0.458. The van der Waals surface area contributed by atoms with Gasteiger partial charge in [0.25, 0.3) is 0 Å². The van der Waals surface area contributed by atoms with Crippen molar-refractivity contribution in [3.05, 3.63) is 9.81 Å². The first-order valence-electron chi connectivity index (χ1n) is 5.93. The molecule has 2 aliphatic rings. The van der Waals surface area contributed by atoms with Crippen molar-refractivity contribution in [2.75, 3.05) is 59.0 Å². The lowest BCUT2D eigenvalue weighted by atomic mass is 10.3. The molecule has 2 rings (SSSR count). The Morgan fingerprint density at radius 3 is 1.29 bits per heavy atom. The lowest BCUT2D eigenvalue weighted by Crippen LogP contribution is -2.52. The Hall–Kier alpha value is -1.28. The van der Waals surface area contributed by atoms with Crippen molar-refractivity contribution in [3.8, 4) is 0 Å². The number of rotatable bonds is 4. The zero-order valence-electron chi connectivity index (χ0n) is 9.86. The van der Waals surface area contributed by atoms with Crippen LogP contribution >= 0.6 is 0 Å². The Labute approximate surface area is 100 Å². The molecule has 0 bridgehead atoms. The van der Waals surface area contributed by atoms with E-state index in [0.29, 0.717) is 26.2 Å². The van der Waals surface area contributed by atoms with Crippen LogP contribution in [-0.4, -0.2) is 78.8 Å². The summed E-state index contributed by atoms with van der Waals surface area (Å²) >= 11 is 0. The van der Waals surface area contributed by atoms with Crippen LogP contribution in [0.5, 0.6) is 0 Å². The number of piperazine rings is 2. The average molecular weight is 242 g/mol. The van der Waals surface area contributed by atoms with Gasteiger partial charge in [-0.05, 0) is 0 Å². The first-order valence-corrected chi connectivity index (χ1v) is 5.93. The highest BCUT2D eigenvalue weighted by Crippen LogP contribution is 2.06. The number of hydrogen-bond acceptors (Lipinski definition) is 6. The lowest BCUT2D eigenvalue weighted by molar-refractivity contribution is 0.0452. The van der Waals surface area contributed by atoms with Gasteiger partial charge in [-0.15, -0.1) is 9.81 Å². The maximum absolute atomic E-state index is 10.3. The van der Waals surface area contributed by atoms with E-state index in [1.165, 1.54) is 0 Å². The van der Waals surface area contributed by atoms with E-state index in [9.17, 15) is 9.81 Å². The molecule has 2 heterocycles. The van der Waals surface area contributed by atoms with E-state index in [-0.39, 0.29) is 0 Å². The molecule has 0 N–H and O–H groups in total. The monoisotopic (exact) mass is 242 g/mol. The van der Waals surface area contributed by atoms with Gasteiger partial charge < -0.3 is 0 Å². The van der Waals surface area contributed by atoms with E-state index in [0.717, 1.165) is 32.8 Å². The molecule has 2 saturated heterocycles. The van der Waals surface area contributed by atoms with Crippen molar-refractivity contribution in [1.29, 1.82) is 0 Å². The van der Waals surface area contributed by atoms with Gasteiger partial charge in [-0.2, -0.15) is 0 Å². The summed E-state index contributed by atoms with van der Waals surface area (Å²) in [6, 6.07) is 0. The van der Waals surface area contributed by atoms with Gasteiger partial charge in [-0.25, -0.2) is 0 Å². The summed E-state index contributed by atoms with van der Waals surface area (Å²) in [5.41, 5.74) is 0. The van der Waals surface area contributed by atoms with E-state index >= 15 is 0 Å². The molecule has 0 aromatic heterocycles. The molecule has 8 nitrogen and oxygen atoms in total. The number of nitrogens with zero attached hydrogens (tertiary/aromatic N) is 6. The molecule has 0 aliphatic carbocycles. The van der Waals surface area contributed by atoms with Crippen LogP contribution in [0.3, 0.4) is 0 Å². The van der Waals surface area contributed by atoms with Crippen molar-refractivity contribution in [1.82, 2.24) is 19.8 Å². The summed E-state index contributed by atoms with van der Waals surface area (Å²) in [4.78, 5) is 25.3. The smallest absolute Gasteiger partial charge is 0.0524 e. The third kappa shape index (κ3) is 3.34. The highest BCUT2D eigenvalue weighted by atomic mass is 16.3. The van der Waals surface area contributed by atoms with Crippen molar-refractivity contribution >= 4 is 0 Å². The van der Waals surface area contributed by atoms with Crippen LogP contribution in [0.4, 0.5) is 0 Å². The Morgan fingerprint density at radius 1 is 0.647 bits per heavy atom. The van der Waals surface area contributed by atoms with Crippen molar-refractivity contribution < 1.29 is 0 Å². The Kier molecular flexibility index (Phi) is 4.21. The summed E-state index contributed by atoms with van der Waals surface area (Å²) < 4.78 is 0. The van der Waals surface area contributed by atoms with Gasteiger partial charge in [0.1, 0.15) is 0 Å². The van der Waals surface area contributed by atoms with Crippen LogP contribution in [0.15, 0.2) is 10.6 Å². The van der Waals surface area contributed by atoms with Crippen LogP contribution in [0.25, 0.3) is 0 Å². The molecule has 8 heteroatoms. The summed E-state index contributed by atoms with van der Waals surface area (Å²) in [6.07, 6.45) is 0. The Morgan fingerprint density at radius 2 is 1.00 bits per heavy atom. The fraction of sp³-hybridized carbons (Fsp3) is 1.00. The molecule has 0 aromatic rings. The molecular formula is C9H18N6O2. The minimum absolute atomic E-state index is 0.708. The largest absolute Gasteiger partial charge is 0.287 e. The van der Waals surface area contributed by atoms with Gasteiger partial charge >= 0.3 is 0 Å². The van der Waals surface area contributed by atoms with Crippen molar-refractivity contribution in [2.24, 2.45) is 10.6 Å². The highest BCUT2D eigenvalue weighted by molar-refractivity contribution is 4.73. The van der Waals surface area contributed by atoms with Gasteiger partial charge in [0.2, 0.25) is 0 Å². The van der Waals surface area contributed by atoms with E-state index in [1.807, 2.05) is 0 Å². The minimum atomic E-state index is 0.708. The fourth-order valence-electron chi connectivity index (χ4n) is 2.20. The zero-order chi connectivity index (χ0) is 12.1. The van der Waals surface area contributed by atoms with Crippen molar-refractivity contribution in [3.63, 3.8) is 0 Å². The molecule has 0 saturated carbocycles. The van der Waals surface area contributed by atoms with Gasteiger partial charge in [-0.1, -0.05) is 0 Å². The molecule has 2 fully saturated rings. The van der Waals surface area contributed by atoms with E-state index in [1.54, 1.807) is 10.0 Å². The van der Waals surface area contributed by atoms with E-state index in [2.05, 4.69) is 20.4 Å². The first kappa shape index (κ1) is 12.2. The minimum Gasteiger partial charge on any atom is -0.287 e. The quantitative estimate of drug-likeness (QED) is 0.621. The van der Waals surface area contributed by atoms with Gasteiger partial charge in [0.05, 0.1) is 43.4 Å². The molecule has 2 aliphatic heterocycles. The van der Waals surface area contributed by atoms with Crippen LogP contribution in [-0.2, 0) is 0 Å². The van der Waals surface area contributed by atoms with Crippen LogP contribution in [0, 0.1) is 9.81 Å². The van der Waals surface area contributed by atoms with Crippen molar-refractivity contribution in [2.45, 2.75) is 0 Å². The summed E-state index contributed by atoms with van der Waals surface area (Å²) in [5, 5.41) is 9.00. The second-order valence-corrected chi connectivity index (χ2v) is 4.45. The number of hydrogen-bond donors (Lipinski definition) is 0. The maximum atomic E-state index is 10.3. The molecule has 0 amide bonds. The van der Waals surface area contributed by atoms with Gasteiger partial charge in [0.15, 0.2) is 0 Å². The van der Waals surface area contributed by atoms with Gasteiger partial charge in [-0.3, -0.25) is 19.8 Å². The van der Waals surface area contributed by atoms with Crippen LogP contribution in [0.2, 0.25) is 0 Å². The third-order valence-electron chi connectivity index (χ3n) is 3.33. The lowest BCUT2D eigenvalue weighted by Gasteiger charge is -2.38.